The third-order valence-corrected chi connectivity index (χ3v) is 6.66. The van der Waals surface area contributed by atoms with Crippen LogP contribution >= 0.6 is 11.8 Å². The first-order valence-corrected chi connectivity index (χ1v) is 12.8. The highest BCUT2D eigenvalue weighted by molar-refractivity contribution is 7.99. The fraction of sp³-hybridized carbons (Fsp3) is 0.321. The van der Waals surface area contributed by atoms with Crippen LogP contribution < -0.4 is 15.4 Å². The van der Waals surface area contributed by atoms with Crippen LogP contribution in [0.1, 0.15) is 17.5 Å². The van der Waals surface area contributed by atoms with Gasteiger partial charge in [0.15, 0.2) is 0 Å². The highest BCUT2D eigenvalue weighted by atomic mass is 32.2. The number of benzene rings is 3. The zero-order valence-corrected chi connectivity index (χ0v) is 20.8. The van der Waals surface area contributed by atoms with Crippen molar-refractivity contribution in [3.63, 3.8) is 0 Å². The minimum Gasteiger partial charge on any atom is -0.497 e. The molecule has 0 saturated carbocycles. The Morgan fingerprint density at radius 3 is 2.34 bits per heavy atom. The lowest BCUT2D eigenvalue weighted by atomic mass is 10.0. The molecule has 1 amide bonds. The van der Waals surface area contributed by atoms with Gasteiger partial charge in [0.25, 0.3) is 0 Å². The van der Waals surface area contributed by atoms with Crippen molar-refractivity contribution in [3.05, 3.63) is 96.1 Å². The number of hydrogen-bond donors (Lipinski definition) is 4. The molecule has 3 aromatic carbocycles. The first-order chi connectivity index (χ1) is 17.0. The summed E-state index contributed by atoms with van der Waals surface area (Å²) < 4.78 is 5.26. The maximum absolute atomic E-state index is 12.7. The topological polar surface area (TPSA) is 90.8 Å². The van der Waals surface area contributed by atoms with Gasteiger partial charge >= 0.3 is 0 Å². The average molecular weight is 495 g/mol. The van der Waals surface area contributed by atoms with Crippen LogP contribution in [-0.2, 0) is 17.8 Å². The number of carbonyl (C=O) groups excluding carboxylic acids is 1. The highest BCUT2D eigenvalue weighted by Gasteiger charge is 2.25. The number of amides is 1. The van der Waals surface area contributed by atoms with Gasteiger partial charge in [-0.25, -0.2) is 0 Å². The van der Waals surface area contributed by atoms with E-state index in [-0.39, 0.29) is 6.54 Å². The molecule has 6 nitrogen and oxygen atoms in total. The summed E-state index contributed by atoms with van der Waals surface area (Å²) >= 11 is 1.60. The van der Waals surface area contributed by atoms with Gasteiger partial charge in [-0.05, 0) is 48.2 Å². The third kappa shape index (κ3) is 9.38. The molecule has 0 aliphatic rings. The van der Waals surface area contributed by atoms with Gasteiger partial charge < -0.3 is 25.6 Å². The van der Waals surface area contributed by atoms with E-state index in [1.165, 1.54) is 0 Å². The molecule has 3 atom stereocenters. The molecule has 0 radical (unpaired) electrons. The SMILES string of the molecule is COc1cccc(CNC[C@@H](O)[C@H](Cc2ccccc2)NC(=O)C(O)CCSc2ccccc2)c1. The second-order valence-corrected chi connectivity index (χ2v) is 9.49. The molecule has 0 aliphatic carbocycles. The molecule has 3 aromatic rings. The Morgan fingerprint density at radius 2 is 1.63 bits per heavy atom. The van der Waals surface area contributed by atoms with E-state index in [0.717, 1.165) is 21.8 Å². The normalized spacial score (nSPS) is 13.6. The molecule has 35 heavy (non-hydrogen) atoms. The standard InChI is InChI=1S/C28H34N2O4S/c1-34-23-12-8-11-22(17-23)19-29-20-27(32)25(18-21-9-4-2-5-10-21)30-28(33)26(31)15-16-35-24-13-6-3-7-14-24/h2-14,17,25-27,29,31-32H,15-16,18-20H2,1H3,(H,30,33)/t25-,26?,27+/m0/s1. The Labute approximate surface area is 211 Å². The number of methoxy groups -OCH3 is 1. The number of ether oxygens (including phenoxy) is 1. The van der Waals surface area contributed by atoms with Crippen LogP contribution in [-0.4, -0.2) is 53.8 Å². The summed E-state index contributed by atoms with van der Waals surface area (Å²) in [5.74, 6) is 0.928. The molecule has 186 valence electrons. The molecule has 3 rings (SSSR count). The van der Waals surface area contributed by atoms with Gasteiger partial charge in [-0.2, -0.15) is 0 Å². The van der Waals surface area contributed by atoms with Crippen molar-refractivity contribution in [3.8, 4) is 5.75 Å². The van der Waals surface area contributed by atoms with E-state index < -0.39 is 24.2 Å². The van der Waals surface area contributed by atoms with E-state index in [4.69, 9.17) is 4.74 Å². The fourth-order valence-corrected chi connectivity index (χ4v) is 4.58. The first-order valence-electron chi connectivity index (χ1n) is 11.8. The third-order valence-electron chi connectivity index (χ3n) is 5.61. The van der Waals surface area contributed by atoms with E-state index in [9.17, 15) is 15.0 Å². The molecule has 0 spiro atoms. The smallest absolute Gasteiger partial charge is 0.249 e. The van der Waals surface area contributed by atoms with Crippen LogP contribution in [0.25, 0.3) is 0 Å². The summed E-state index contributed by atoms with van der Waals surface area (Å²) in [5, 5.41) is 27.5. The zero-order chi connectivity index (χ0) is 24.9. The summed E-state index contributed by atoms with van der Waals surface area (Å²) in [6, 6.07) is 26.8. The molecule has 4 N–H and O–H groups in total. The highest BCUT2D eigenvalue weighted by Crippen LogP contribution is 2.18. The lowest BCUT2D eigenvalue weighted by Crippen LogP contribution is -2.51. The molecule has 0 aromatic heterocycles. The maximum Gasteiger partial charge on any atom is 0.249 e. The van der Waals surface area contributed by atoms with Crippen molar-refractivity contribution in [1.29, 1.82) is 0 Å². The number of aliphatic hydroxyl groups is 2. The van der Waals surface area contributed by atoms with Crippen LogP contribution in [0.5, 0.6) is 5.75 Å². The van der Waals surface area contributed by atoms with Crippen LogP contribution in [0.3, 0.4) is 0 Å². The van der Waals surface area contributed by atoms with Gasteiger partial charge in [0.1, 0.15) is 11.9 Å². The van der Waals surface area contributed by atoms with Crippen molar-refractivity contribution in [2.75, 3.05) is 19.4 Å². The molecule has 0 fully saturated rings. The van der Waals surface area contributed by atoms with Crippen molar-refractivity contribution in [2.24, 2.45) is 0 Å². The summed E-state index contributed by atoms with van der Waals surface area (Å²) in [5.41, 5.74) is 2.03. The Kier molecular flexibility index (Phi) is 11.1. The Balaban J connectivity index is 1.54. The van der Waals surface area contributed by atoms with Crippen LogP contribution in [0.2, 0.25) is 0 Å². The second kappa shape index (κ2) is 14.5. The number of carbonyl (C=O) groups is 1. The van der Waals surface area contributed by atoms with Gasteiger partial charge in [0.2, 0.25) is 5.91 Å². The van der Waals surface area contributed by atoms with Crippen molar-refractivity contribution in [2.45, 2.75) is 42.5 Å². The van der Waals surface area contributed by atoms with Crippen LogP contribution in [0, 0.1) is 0 Å². The largest absolute Gasteiger partial charge is 0.497 e. The lowest BCUT2D eigenvalue weighted by molar-refractivity contribution is -0.131. The van der Waals surface area contributed by atoms with Crippen molar-refractivity contribution < 1.29 is 19.7 Å². The van der Waals surface area contributed by atoms with E-state index in [1.807, 2.05) is 84.9 Å². The molecule has 0 saturated heterocycles. The summed E-state index contributed by atoms with van der Waals surface area (Å²) in [6.45, 7) is 0.842. The quantitative estimate of drug-likeness (QED) is 0.257. The van der Waals surface area contributed by atoms with Gasteiger partial charge in [-0.15, -0.1) is 11.8 Å². The monoisotopic (exact) mass is 494 g/mol. The Morgan fingerprint density at radius 1 is 0.943 bits per heavy atom. The minimum absolute atomic E-state index is 0.287. The van der Waals surface area contributed by atoms with E-state index in [2.05, 4.69) is 10.6 Å². The van der Waals surface area contributed by atoms with Crippen LogP contribution in [0.15, 0.2) is 89.8 Å². The fourth-order valence-electron chi connectivity index (χ4n) is 3.66. The van der Waals surface area contributed by atoms with E-state index in [1.54, 1.807) is 18.9 Å². The second-order valence-electron chi connectivity index (χ2n) is 8.32. The zero-order valence-electron chi connectivity index (χ0n) is 20.0. The number of nitrogens with one attached hydrogen (secondary N) is 2. The van der Waals surface area contributed by atoms with Gasteiger partial charge in [0, 0.05) is 23.7 Å². The maximum atomic E-state index is 12.7. The molecule has 0 bridgehead atoms. The number of thioether (sulfide) groups is 1. The average Bonchev–Trinajstić information content (AvgIpc) is 2.89. The van der Waals surface area contributed by atoms with Crippen molar-refractivity contribution >= 4 is 17.7 Å². The molecular formula is C28H34N2O4S. The molecule has 7 heteroatoms. The van der Waals surface area contributed by atoms with E-state index >= 15 is 0 Å². The molecule has 0 heterocycles. The minimum atomic E-state index is -1.14. The van der Waals surface area contributed by atoms with Gasteiger partial charge in [0.05, 0.1) is 19.3 Å². The molecule has 0 aliphatic heterocycles. The Bertz CT molecular complexity index is 1020. The lowest BCUT2D eigenvalue weighted by Gasteiger charge is -2.26. The number of aliphatic hydroxyl groups excluding tert-OH is 2. The van der Waals surface area contributed by atoms with Gasteiger partial charge in [-0.1, -0.05) is 60.7 Å². The summed E-state index contributed by atoms with van der Waals surface area (Å²) in [7, 11) is 1.63. The van der Waals surface area contributed by atoms with E-state index in [0.29, 0.717) is 25.1 Å². The van der Waals surface area contributed by atoms with Gasteiger partial charge in [-0.3, -0.25) is 4.79 Å². The van der Waals surface area contributed by atoms with Crippen LogP contribution in [0.4, 0.5) is 0 Å². The van der Waals surface area contributed by atoms with Crippen molar-refractivity contribution in [1.82, 2.24) is 10.6 Å². The number of hydrogen-bond acceptors (Lipinski definition) is 6. The number of rotatable bonds is 14. The molecule has 1 unspecified atom stereocenters. The summed E-state index contributed by atoms with van der Waals surface area (Å²) in [4.78, 5) is 13.8. The first kappa shape index (κ1) is 26.8. The summed E-state index contributed by atoms with van der Waals surface area (Å²) in [6.07, 6.45) is -1.19. The predicted octanol–water partition coefficient (Wildman–Crippen LogP) is 3.42. The Hall–Kier alpha value is -2.84. The molecular weight excluding hydrogens is 460 g/mol. The predicted molar refractivity (Wildman–Crippen MR) is 141 cm³/mol.